The van der Waals surface area contributed by atoms with E-state index in [9.17, 15) is 9.59 Å². The lowest BCUT2D eigenvalue weighted by Crippen LogP contribution is -2.51. The molecule has 2 aromatic carbocycles. The molecule has 1 aliphatic carbocycles. The Morgan fingerprint density at radius 3 is 2.33 bits per heavy atom. The molecule has 1 heterocycles. The van der Waals surface area contributed by atoms with Gasteiger partial charge in [0.25, 0.3) is 11.8 Å². The molecule has 1 fully saturated rings. The molecule has 1 atom stereocenters. The number of hydrogen-bond acceptors (Lipinski definition) is 6. The smallest absolute Gasteiger partial charge is 0.275 e. The maximum Gasteiger partial charge on any atom is 0.275 e. The number of nitrogens with two attached hydrogens (primary N) is 2. The van der Waals surface area contributed by atoms with Gasteiger partial charge in [-0.1, -0.05) is 75.9 Å². The van der Waals surface area contributed by atoms with Gasteiger partial charge in [0.2, 0.25) is 0 Å². The van der Waals surface area contributed by atoms with Crippen molar-refractivity contribution in [2.24, 2.45) is 33.0 Å². The molecule has 4 rings (SSSR count). The van der Waals surface area contributed by atoms with E-state index < -0.39 is 5.66 Å². The number of hydrogen-bond donors (Lipinski definition) is 4. The van der Waals surface area contributed by atoms with Gasteiger partial charge >= 0.3 is 0 Å². The molecule has 9 nitrogen and oxygen atoms in total. The molecule has 2 amide bonds. The number of rotatable bonds is 10. The van der Waals surface area contributed by atoms with Crippen LogP contribution in [0.15, 0.2) is 52.6 Å². The van der Waals surface area contributed by atoms with E-state index in [0.29, 0.717) is 32.8 Å². The number of amides is 2. The molecule has 0 bridgehead atoms. The zero-order chi connectivity index (χ0) is 31.4. The van der Waals surface area contributed by atoms with Crippen molar-refractivity contribution in [3.8, 4) is 0 Å². The predicted molar refractivity (Wildman–Crippen MR) is 174 cm³/mol. The number of hydrazine groups is 1. The van der Waals surface area contributed by atoms with Crippen LogP contribution in [-0.2, 0) is 4.79 Å². The van der Waals surface area contributed by atoms with Crippen LogP contribution in [0.2, 0.25) is 10.0 Å². The van der Waals surface area contributed by atoms with Crippen molar-refractivity contribution in [1.82, 2.24) is 15.8 Å². The van der Waals surface area contributed by atoms with Gasteiger partial charge in [0.1, 0.15) is 17.2 Å². The molecule has 0 saturated heterocycles. The topological polar surface area (TPSA) is 138 Å². The second-order valence-electron chi connectivity index (χ2n) is 12.6. The maximum atomic E-state index is 14.4. The minimum Gasteiger partial charge on any atom is -0.384 e. The fourth-order valence-corrected chi connectivity index (χ4v) is 6.84. The quantitative estimate of drug-likeness (QED) is 0.111. The Morgan fingerprint density at radius 1 is 1.14 bits per heavy atom. The Morgan fingerprint density at radius 2 is 1.77 bits per heavy atom. The third-order valence-electron chi connectivity index (χ3n) is 8.68. The average Bonchev–Trinajstić information content (AvgIpc) is 3.23. The Hall–Kier alpha value is -3.14. The fourth-order valence-electron chi connectivity index (χ4n) is 6.32. The number of halogens is 2. The Kier molecular flexibility index (Phi) is 10.4. The summed E-state index contributed by atoms with van der Waals surface area (Å²) >= 11 is 12.7. The highest BCUT2D eigenvalue weighted by Crippen LogP contribution is 2.50. The molecule has 1 aliphatic heterocycles. The van der Waals surface area contributed by atoms with Crippen molar-refractivity contribution < 1.29 is 9.59 Å². The third-order valence-corrected chi connectivity index (χ3v) is 9.11. The van der Waals surface area contributed by atoms with E-state index in [0.717, 1.165) is 50.5 Å². The number of unbranched alkanes of at least 4 members (excludes halogenated alkanes) is 1. The van der Waals surface area contributed by atoms with Crippen LogP contribution in [-0.4, -0.2) is 40.5 Å². The monoisotopic (exact) mass is 627 g/mol. The number of nitrogens with one attached hydrogen (secondary N) is 2. The number of benzene rings is 2. The van der Waals surface area contributed by atoms with Crippen molar-refractivity contribution in [3.05, 3.63) is 69.2 Å². The van der Waals surface area contributed by atoms with Gasteiger partial charge in [0.05, 0.1) is 12.6 Å². The second-order valence-corrected chi connectivity index (χ2v) is 13.5. The molecule has 1 saturated carbocycles. The van der Waals surface area contributed by atoms with E-state index >= 15 is 0 Å². The summed E-state index contributed by atoms with van der Waals surface area (Å²) in [5, 5.41) is 7.31. The highest BCUT2D eigenvalue weighted by atomic mass is 35.5. The SMILES string of the molecule is CCCCC(c1ccc(C(=O)NCC(N)=NNN)cc1)N1C(=O)C(c2cc(Cl)cc(Cl)c2)=NC12CCC(C(C)(C)C)CC2. The van der Waals surface area contributed by atoms with E-state index in [1.807, 2.05) is 17.0 Å². The normalized spacial score (nSPS) is 21.6. The van der Waals surface area contributed by atoms with Crippen molar-refractivity contribution in [3.63, 3.8) is 0 Å². The zero-order valence-electron chi connectivity index (χ0n) is 25.4. The summed E-state index contributed by atoms with van der Waals surface area (Å²) in [7, 11) is 0. The summed E-state index contributed by atoms with van der Waals surface area (Å²) in [6.45, 7) is 9.05. The molecular weight excluding hydrogens is 585 g/mol. The largest absolute Gasteiger partial charge is 0.384 e. The maximum absolute atomic E-state index is 14.4. The Balaban J connectivity index is 1.70. The van der Waals surface area contributed by atoms with Gasteiger partial charge in [0.15, 0.2) is 0 Å². The first-order valence-corrected chi connectivity index (χ1v) is 15.7. The number of nitrogens with zero attached hydrogens (tertiary/aromatic N) is 3. The van der Waals surface area contributed by atoms with Crippen molar-refractivity contribution in [1.29, 1.82) is 0 Å². The molecule has 1 spiro atoms. The summed E-state index contributed by atoms with van der Waals surface area (Å²) in [5.74, 6) is 5.44. The van der Waals surface area contributed by atoms with E-state index in [1.54, 1.807) is 30.3 Å². The van der Waals surface area contributed by atoms with Gasteiger partial charge in [-0.15, -0.1) is 0 Å². The summed E-state index contributed by atoms with van der Waals surface area (Å²) in [6, 6.07) is 12.4. The number of carbonyl (C=O) groups excluding carboxylic acids is 2. The molecule has 0 aromatic heterocycles. The number of amidine groups is 1. The Bertz CT molecular complexity index is 1360. The van der Waals surface area contributed by atoms with Crippen LogP contribution in [0.5, 0.6) is 0 Å². The summed E-state index contributed by atoms with van der Waals surface area (Å²) in [5.41, 5.74) is 9.81. The van der Waals surface area contributed by atoms with Crippen molar-refractivity contribution in [2.75, 3.05) is 6.54 Å². The molecule has 43 heavy (non-hydrogen) atoms. The van der Waals surface area contributed by atoms with E-state index in [1.165, 1.54) is 0 Å². The minimum atomic E-state index is -0.661. The van der Waals surface area contributed by atoms with Crippen LogP contribution >= 0.6 is 23.2 Å². The van der Waals surface area contributed by atoms with Crippen molar-refractivity contribution in [2.45, 2.75) is 84.3 Å². The highest BCUT2D eigenvalue weighted by Gasteiger charge is 2.52. The molecule has 232 valence electrons. The lowest BCUT2D eigenvalue weighted by molar-refractivity contribution is -0.133. The molecular formula is C32H43Cl2N7O2. The summed E-state index contributed by atoms with van der Waals surface area (Å²) in [4.78, 5) is 34.5. The van der Waals surface area contributed by atoms with Crippen LogP contribution in [0.4, 0.5) is 0 Å². The molecule has 2 aliphatic rings. The van der Waals surface area contributed by atoms with Crippen molar-refractivity contribution >= 4 is 46.6 Å². The van der Waals surface area contributed by atoms with Crippen LogP contribution in [0.25, 0.3) is 0 Å². The number of carbonyl (C=O) groups is 2. The van der Waals surface area contributed by atoms with Crippen LogP contribution in [0, 0.1) is 11.3 Å². The molecule has 1 unspecified atom stereocenters. The lowest BCUT2D eigenvalue weighted by Gasteiger charge is -2.47. The molecule has 6 N–H and O–H groups in total. The second kappa shape index (κ2) is 13.7. The van der Waals surface area contributed by atoms with Gasteiger partial charge in [-0.25, -0.2) is 11.4 Å². The first-order chi connectivity index (χ1) is 20.4. The first-order valence-electron chi connectivity index (χ1n) is 14.9. The van der Waals surface area contributed by atoms with Crippen LogP contribution in [0.1, 0.15) is 100 Å². The van der Waals surface area contributed by atoms with Gasteiger partial charge in [-0.2, -0.15) is 5.10 Å². The first kappa shape index (κ1) is 32.8. The van der Waals surface area contributed by atoms with Crippen LogP contribution in [0.3, 0.4) is 0 Å². The molecule has 2 aromatic rings. The standard InChI is InChI=1S/C32H43Cl2N7O2/c1-5-6-7-26(20-8-10-21(11-9-20)29(42)37-19-27(35)39-40-36)41-30(43)28(22-16-24(33)18-25(34)17-22)38-32(41)14-12-23(13-15-32)31(2,3)4/h8-11,16-18,23,26,40H,5-7,12-15,19,36H2,1-4H3,(H2,35,39)(H,37,42). The zero-order valence-corrected chi connectivity index (χ0v) is 26.9. The summed E-state index contributed by atoms with van der Waals surface area (Å²) < 4.78 is 0. The van der Waals surface area contributed by atoms with Gasteiger partial charge in [-0.3, -0.25) is 14.6 Å². The van der Waals surface area contributed by atoms with E-state index in [-0.39, 0.29) is 35.7 Å². The highest BCUT2D eigenvalue weighted by molar-refractivity contribution is 6.47. The minimum absolute atomic E-state index is 0.0535. The number of aliphatic imine (C=N–C) groups is 1. The fraction of sp³-hybridized carbons (Fsp3) is 0.500. The molecule has 0 radical (unpaired) electrons. The van der Waals surface area contributed by atoms with Gasteiger partial charge in [-0.05, 0) is 79.3 Å². The number of hydrazone groups is 1. The van der Waals surface area contributed by atoms with E-state index in [2.05, 4.69) is 43.6 Å². The lowest BCUT2D eigenvalue weighted by atomic mass is 9.69. The third kappa shape index (κ3) is 7.51. The van der Waals surface area contributed by atoms with Gasteiger partial charge in [0, 0.05) is 21.2 Å². The van der Waals surface area contributed by atoms with Gasteiger partial charge < -0.3 is 16.0 Å². The van der Waals surface area contributed by atoms with E-state index in [4.69, 9.17) is 39.8 Å². The van der Waals surface area contributed by atoms with Crippen LogP contribution < -0.4 is 22.4 Å². The molecule has 11 heteroatoms. The average molecular weight is 629 g/mol. The summed E-state index contributed by atoms with van der Waals surface area (Å²) in [6.07, 6.45) is 6.21. The Labute approximate surface area is 264 Å². The predicted octanol–water partition coefficient (Wildman–Crippen LogP) is 5.95.